The Hall–Kier alpha value is -3.25. The molecule has 1 aromatic rings. The maximum atomic E-state index is 14.2. The average Bonchev–Trinajstić information content (AvgIpc) is 3.42. The Morgan fingerprint density at radius 1 is 1.02 bits per heavy atom. The molecule has 2 N–H and O–H groups in total. The molecule has 1 fully saturated rings. The number of esters is 1. The third-order valence-electron chi connectivity index (χ3n) is 7.63. The molecule has 0 radical (unpaired) electrons. The molecule has 11 nitrogen and oxygen atoms in total. The van der Waals surface area contributed by atoms with Crippen LogP contribution in [0.25, 0.3) is 0 Å². The summed E-state index contributed by atoms with van der Waals surface area (Å²) >= 11 is 0. The number of ether oxygens (including phenoxy) is 1. The molecule has 3 rings (SSSR count). The number of rotatable bonds is 6. The van der Waals surface area contributed by atoms with Crippen LogP contribution in [-0.2, 0) is 33.9 Å². The second-order valence-corrected chi connectivity index (χ2v) is 13.6. The standard InChI is InChI=1S/C30H44N4O7S/c1-19(2)18-24-27(35)31-23(30(38)41-6)10-7-8-17-34(42(39,40)22-14-12-21(5)13-15-22)26(20(3)4)29(37)33-16-9-11-25(33)28(36)32-24/h7-8,12-15,19-20,23-26H,9-11,16-18H2,1-6H3,(H,31,35)(H,32,36)/t23?,24-,25-,26?/m0/s1. The van der Waals surface area contributed by atoms with Crippen molar-refractivity contribution in [2.45, 2.75) is 89.4 Å². The highest BCUT2D eigenvalue weighted by atomic mass is 32.2. The molecule has 0 spiro atoms. The molecule has 1 saturated heterocycles. The van der Waals surface area contributed by atoms with Crippen molar-refractivity contribution in [3.63, 3.8) is 0 Å². The van der Waals surface area contributed by atoms with E-state index >= 15 is 0 Å². The van der Waals surface area contributed by atoms with Gasteiger partial charge in [-0.25, -0.2) is 13.2 Å². The fourth-order valence-corrected chi connectivity index (χ4v) is 7.10. The Balaban J connectivity index is 2.12. The van der Waals surface area contributed by atoms with Gasteiger partial charge in [0.25, 0.3) is 0 Å². The van der Waals surface area contributed by atoms with Crippen molar-refractivity contribution in [2.75, 3.05) is 20.2 Å². The number of sulfonamides is 1. The van der Waals surface area contributed by atoms with Crippen LogP contribution in [0.3, 0.4) is 0 Å². The van der Waals surface area contributed by atoms with Gasteiger partial charge in [-0.15, -0.1) is 0 Å². The normalized spacial score (nSPS) is 25.0. The van der Waals surface area contributed by atoms with E-state index in [1.807, 2.05) is 20.8 Å². The number of benzene rings is 1. The topological polar surface area (TPSA) is 142 Å². The predicted molar refractivity (Wildman–Crippen MR) is 158 cm³/mol. The molecular weight excluding hydrogens is 560 g/mol. The van der Waals surface area contributed by atoms with Gasteiger partial charge < -0.3 is 20.3 Å². The van der Waals surface area contributed by atoms with Crippen LogP contribution in [0.1, 0.15) is 58.9 Å². The zero-order chi connectivity index (χ0) is 31.2. The van der Waals surface area contributed by atoms with Gasteiger partial charge in [0.1, 0.15) is 24.2 Å². The molecule has 232 valence electrons. The summed E-state index contributed by atoms with van der Waals surface area (Å²) in [5.74, 6) is -2.53. The zero-order valence-electron chi connectivity index (χ0n) is 25.3. The molecule has 0 aromatic heterocycles. The van der Waals surface area contributed by atoms with Gasteiger partial charge in [-0.05, 0) is 56.6 Å². The molecule has 3 amide bonds. The maximum Gasteiger partial charge on any atom is 0.328 e. The maximum absolute atomic E-state index is 14.2. The second kappa shape index (κ2) is 14.3. The van der Waals surface area contributed by atoms with Crippen LogP contribution in [0, 0.1) is 18.8 Å². The number of nitrogens with zero attached hydrogens (tertiary/aromatic N) is 2. The number of methoxy groups -OCH3 is 1. The van der Waals surface area contributed by atoms with Crippen molar-refractivity contribution in [3.8, 4) is 0 Å². The second-order valence-electron chi connectivity index (χ2n) is 11.7. The Morgan fingerprint density at radius 2 is 1.69 bits per heavy atom. The molecule has 0 bridgehead atoms. The SMILES string of the molecule is COC(=O)C1CC=CCN(S(=O)(=O)c2ccc(C)cc2)C(C(C)C)C(=O)N2CCC[C@H]2C(=O)N[C@@H](CC(C)C)C(=O)N1. The van der Waals surface area contributed by atoms with Crippen molar-refractivity contribution in [2.24, 2.45) is 11.8 Å². The largest absolute Gasteiger partial charge is 0.467 e. The van der Waals surface area contributed by atoms with Gasteiger partial charge in [0, 0.05) is 13.1 Å². The summed E-state index contributed by atoms with van der Waals surface area (Å²) < 4.78 is 34.1. The van der Waals surface area contributed by atoms with E-state index < -0.39 is 63.8 Å². The van der Waals surface area contributed by atoms with E-state index in [-0.39, 0.29) is 23.8 Å². The van der Waals surface area contributed by atoms with Crippen molar-refractivity contribution >= 4 is 33.7 Å². The summed E-state index contributed by atoms with van der Waals surface area (Å²) in [5, 5.41) is 5.50. The van der Waals surface area contributed by atoms with Crippen molar-refractivity contribution in [1.29, 1.82) is 0 Å². The Bertz CT molecular complexity index is 1280. The van der Waals surface area contributed by atoms with Crippen molar-refractivity contribution in [3.05, 3.63) is 42.0 Å². The molecule has 0 saturated carbocycles. The van der Waals surface area contributed by atoms with E-state index in [9.17, 15) is 27.6 Å². The quantitative estimate of drug-likeness (QED) is 0.374. The molecule has 42 heavy (non-hydrogen) atoms. The van der Waals surface area contributed by atoms with Crippen LogP contribution in [0.4, 0.5) is 0 Å². The van der Waals surface area contributed by atoms with Gasteiger partial charge in [0.05, 0.1) is 12.0 Å². The molecule has 0 aliphatic carbocycles. The number of fused-ring (bicyclic) bond motifs is 1. The highest BCUT2D eigenvalue weighted by Gasteiger charge is 2.44. The molecule has 2 unspecified atom stereocenters. The first-order valence-corrected chi connectivity index (χ1v) is 15.9. The fraction of sp³-hybridized carbons (Fsp3) is 0.600. The van der Waals surface area contributed by atoms with E-state index in [1.54, 1.807) is 38.1 Å². The van der Waals surface area contributed by atoms with Gasteiger partial charge in [0.2, 0.25) is 27.7 Å². The first kappa shape index (κ1) is 33.3. The van der Waals surface area contributed by atoms with Crippen LogP contribution in [0.5, 0.6) is 0 Å². The number of aryl methyl sites for hydroxylation is 1. The lowest BCUT2D eigenvalue weighted by atomic mass is 10.0. The first-order valence-electron chi connectivity index (χ1n) is 14.5. The zero-order valence-corrected chi connectivity index (χ0v) is 26.1. The number of carbonyl (C=O) groups is 4. The third kappa shape index (κ3) is 7.77. The summed E-state index contributed by atoms with van der Waals surface area (Å²) in [6.07, 6.45) is 4.45. The number of nitrogens with one attached hydrogen (secondary N) is 2. The van der Waals surface area contributed by atoms with Crippen LogP contribution in [0.2, 0.25) is 0 Å². The summed E-state index contributed by atoms with van der Waals surface area (Å²) in [6, 6.07) is 2.47. The van der Waals surface area contributed by atoms with Crippen molar-refractivity contribution < 1.29 is 32.3 Å². The van der Waals surface area contributed by atoms with E-state index in [4.69, 9.17) is 4.74 Å². The van der Waals surface area contributed by atoms with E-state index in [2.05, 4.69) is 10.6 Å². The molecule has 2 heterocycles. The lowest BCUT2D eigenvalue weighted by Gasteiger charge is -2.36. The molecule has 12 heteroatoms. The fourth-order valence-electron chi connectivity index (χ4n) is 5.43. The molecule has 2 aliphatic rings. The minimum atomic E-state index is -4.15. The molecule has 4 atom stereocenters. The average molecular weight is 605 g/mol. The highest BCUT2D eigenvalue weighted by molar-refractivity contribution is 7.89. The summed E-state index contributed by atoms with van der Waals surface area (Å²) in [4.78, 5) is 55.1. The van der Waals surface area contributed by atoms with Crippen molar-refractivity contribution in [1.82, 2.24) is 19.8 Å². The molecular formula is C30H44N4O7S. The van der Waals surface area contributed by atoms with E-state index in [0.717, 1.165) is 5.56 Å². The van der Waals surface area contributed by atoms with E-state index in [1.165, 1.54) is 28.4 Å². The Labute approximate surface area is 249 Å². The number of hydrogen-bond donors (Lipinski definition) is 2. The third-order valence-corrected chi connectivity index (χ3v) is 9.49. The first-order chi connectivity index (χ1) is 19.8. The number of hydrogen-bond acceptors (Lipinski definition) is 7. The highest BCUT2D eigenvalue weighted by Crippen LogP contribution is 2.28. The van der Waals surface area contributed by atoms with Gasteiger partial charge >= 0.3 is 5.97 Å². The van der Waals surface area contributed by atoms with Gasteiger partial charge in [-0.3, -0.25) is 14.4 Å². The summed E-state index contributed by atoms with van der Waals surface area (Å²) in [6.45, 7) is 9.36. The Morgan fingerprint density at radius 3 is 2.29 bits per heavy atom. The summed E-state index contributed by atoms with van der Waals surface area (Å²) in [5.41, 5.74) is 0.889. The van der Waals surface area contributed by atoms with E-state index in [0.29, 0.717) is 25.8 Å². The smallest absolute Gasteiger partial charge is 0.328 e. The van der Waals surface area contributed by atoms with Gasteiger partial charge in [-0.1, -0.05) is 57.5 Å². The lowest BCUT2D eigenvalue weighted by Crippen LogP contribution is -2.58. The molecule has 1 aromatic carbocycles. The minimum absolute atomic E-state index is 0.0220. The van der Waals surface area contributed by atoms with Gasteiger partial charge in [-0.2, -0.15) is 4.31 Å². The van der Waals surface area contributed by atoms with Crippen LogP contribution < -0.4 is 10.6 Å². The van der Waals surface area contributed by atoms with Crippen LogP contribution in [0.15, 0.2) is 41.3 Å². The molecule has 2 aliphatic heterocycles. The summed E-state index contributed by atoms with van der Waals surface area (Å²) in [7, 11) is -2.94. The van der Waals surface area contributed by atoms with Gasteiger partial charge in [0.15, 0.2) is 0 Å². The predicted octanol–water partition coefficient (Wildman–Crippen LogP) is 2.15. The Kier molecular flexibility index (Phi) is 11.3. The lowest BCUT2D eigenvalue weighted by molar-refractivity contribution is -0.146. The minimum Gasteiger partial charge on any atom is -0.467 e. The number of carbonyl (C=O) groups excluding carboxylic acids is 4. The van der Waals surface area contributed by atoms with Crippen LogP contribution >= 0.6 is 0 Å². The monoisotopic (exact) mass is 604 g/mol. The van der Waals surface area contributed by atoms with Crippen LogP contribution in [-0.4, -0.2) is 85.7 Å². The number of amides is 3.